The van der Waals surface area contributed by atoms with Crippen LogP contribution < -0.4 is 15.4 Å². The van der Waals surface area contributed by atoms with E-state index in [1.54, 1.807) is 25.4 Å². The smallest absolute Gasteiger partial charge is 0.269 e. The number of nitrogens with one attached hydrogen (secondary N) is 2. The van der Waals surface area contributed by atoms with Gasteiger partial charge in [0.15, 0.2) is 11.5 Å². The molecule has 0 saturated carbocycles. The molecule has 1 atom stereocenters. The van der Waals surface area contributed by atoms with Crippen LogP contribution in [0.1, 0.15) is 49.4 Å². The highest BCUT2D eigenvalue weighted by Gasteiger charge is 2.28. The van der Waals surface area contributed by atoms with E-state index in [0.717, 1.165) is 30.1 Å². The second-order valence-corrected chi connectivity index (χ2v) is 9.82. The lowest BCUT2D eigenvalue weighted by molar-refractivity contribution is 0.0958. The van der Waals surface area contributed by atoms with Gasteiger partial charge < -0.3 is 24.7 Å². The molecule has 36 heavy (non-hydrogen) atoms. The summed E-state index contributed by atoms with van der Waals surface area (Å²) in [4.78, 5) is 25.0. The van der Waals surface area contributed by atoms with Crippen LogP contribution >= 0.6 is 0 Å². The van der Waals surface area contributed by atoms with E-state index in [1.807, 2.05) is 17.7 Å². The van der Waals surface area contributed by atoms with E-state index in [2.05, 4.69) is 57.1 Å². The quantitative estimate of drug-likeness (QED) is 0.420. The molecule has 0 spiro atoms. The fraction of sp³-hybridized carbons (Fsp3) is 0.400. The van der Waals surface area contributed by atoms with Crippen molar-refractivity contribution in [1.29, 1.82) is 0 Å². The van der Waals surface area contributed by atoms with E-state index in [0.29, 0.717) is 29.7 Å². The van der Waals surface area contributed by atoms with Crippen molar-refractivity contribution in [2.75, 3.05) is 25.6 Å². The summed E-state index contributed by atoms with van der Waals surface area (Å²) in [5.74, 6) is 2.07. The van der Waals surface area contributed by atoms with Crippen LogP contribution in [0.15, 0.2) is 36.7 Å². The van der Waals surface area contributed by atoms with E-state index < -0.39 is 0 Å². The van der Waals surface area contributed by atoms with Crippen molar-refractivity contribution in [2.24, 2.45) is 7.05 Å². The van der Waals surface area contributed by atoms with Crippen molar-refractivity contribution in [2.45, 2.75) is 38.6 Å². The zero-order valence-electron chi connectivity index (χ0n) is 21.1. The third kappa shape index (κ3) is 4.61. The van der Waals surface area contributed by atoms with Gasteiger partial charge in [-0.2, -0.15) is 10.1 Å². The molecule has 5 rings (SSSR count). The number of anilines is 2. The molecular formula is C25H30N8O3. The van der Waals surface area contributed by atoms with Crippen molar-refractivity contribution in [3.05, 3.63) is 48.0 Å². The molecule has 11 heteroatoms. The first-order chi connectivity index (χ1) is 17.2. The largest absolute Gasteiger partial charge is 0.456 e. The first-order valence-corrected chi connectivity index (χ1v) is 11.9. The lowest BCUT2D eigenvalue weighted by Crippen LogP contribution is -2.22. The summed E-state index contributed by atoms with van der Waals surface area (Å²) < 4.78 is 15.5. The maximum absolute atomic E-state index is 11.9. The van der Waals surface area contributed by atoms with Crippen molar-refractivity contribution < 1.29 is 14.3 Å². The summed E-state index contributed by atoms with van der Waals surface area (Å²) in [6.45, 7) is 7.97. The van der Waals surface area contributed by atoms with Crippen LogP contribution in [0.2, 0.25) is 0 Å². The Hall–Kier alpha value is -3.99. The van der Waals surface area contributed by atoms with Crippen LogP contribution in [0.5, 0.6) is 11.5 Å². The number of carbonyl (C=O) groups is 1. The second kappa shape index (κ2) is 9.23. The highest BCUT2D eigenvalue weighted by atomic mass is 16.5. The number of hydrogen-bond acceptors (Lipinski definition) is 8. The fourth-order valence-corrected chi connectivity index (χ4v) is 4.20. The van der Waals surface area contributed by atoms with Gasteiger partial charge in [0.1, 0.15) is 17.2 Å². The molecule has 0 aliphatic carbocycles. The molecule has 4 aromatic rings. The molecule has 1 unspecified atom stereocenters. The molecule has 1 aliphatic rings. The molecule has 1 saturated heterocycles. The Balaban J connectivity index is 1.41. The third-order valence-electron chi connectivity index (χ3n) is 6.14. The Labute approximate surface area is 208 Å². The third-order valence-corrected chi connectivity index (χ3v) is 6.14. The molecule has 0 radical (unpaired) electrons. The van der Waals surface area contributed by atoms with Gasteiger partial charge in [0, 0.05) is 56.2 Å². The molecule has 2 N–H and O–H groups in total. The summed E-state index contributed by atoms with van der Waals surface area (Å²) >= 11 is 0. The summed E-state index contributed by atoms with van der Waals surface area (Å²) in [5, 5.41) is 10.8. The Morgan fingerprint density at radius 2 is 2.03 bits per heavy atom. The maximum atomic E-state index is 11.9. The second-order valence-electron chi connectivity index (χ2n) is 9.82. The van der Waals surface area contributed by atoms with Gasteiger partial charge in [0.2, 0.25) is 5.95 Å². The number of nitrogens with zero attached hydrogens (tertiary/aromatic N) is 6. The number of carbonyl (C=O) groups excluding carboxylic acids is 1. The van der Waals surface area contributed by atoms with Gasteiger partial charge >= 0.3 is 0 Å². The van der Waals surface area contributed by atoms with Gasteiger partial charge in [0.05, 0.1) is 24.4 Å². The average Bonchev–Trinajstić information content (AvgIpc) is 3.59. The zero-order valence-corrected chi connectivity index (χ0v) is 21.1. The number of imidazole rings is 1. The standard InChI is InChI=1S/C25H30N8O3/c1-25(2,3)20-12-21(31-33(20)15-7-9-35-14-15)29-24-30-22-19(32(24)5)11-17(13-28-22)36-16-6-8-27-18(10-16)23(34)26-4/h6,8,10-13,15H,7,9,14H2,1-5H3,(H,26,34)(H,28,29,30,31). The molecule has 11 nitrogen and oxygen atoms in total. The number of hydrogen-bond donors (Lipinski definition) is 2. The SMILES string of the molecule is CNC(=O)c1cc(Oc2cnc3nc(Nc4cc(C(C)(C)C)n(C5CCOC5)n4)n(C)c3c2)ccn1. The van der Waals surface area contributed by atoms with Crippen LogP contribution in [-0.4, -0.2) is 55.5 Å². The predicted octanol–water partition coefficient (Wildman–Crippen LogP) is 3.71. The summed E-state index contributed by atoms with van der Waals surface area (Å²) in [7, 11) is 3.46. The highest BCUT2D eigenvalue weighted by molar-refractivity contribution is 5.92. The van der Waals surface area contributed by atoms with Crippen molar-refractivity contribution in [1.82, 2.24) is 34.6 Å². The van der Waals surface area contributed by atoms with Crippen molar-refractivity contribution in [3.63, 3.8) is 0 Å². The number of aromatic nitrogens is 6. The minimum atomic E-state index is -0.283. The molecule has 0 aromatic carbocycles. The Morgan fingerprint density at radius 3 is 2.75 bits per heavy atom. The van der Waals surface area contributed by atoms with E-state index >= 15 is 0 Å². The van der Waals surface area contributed by atoms with Gasteiger partial charge in [-0.3, -0.25) is 14.5 Å². The van der Waals surface area contributed by atoms with Crippen LogP contribution in [0.25, 0.3) is 11.2 Å². The van der Waals surface area contributed by atoms with Gasteiger partial charge in [-0.15, -0.1) is 0 Å². The number of ether oxygens (including phenoxy) is 2. The zero-order chi connectivity index (χ0) is 25.4. The molecule has 1 amide bonds. The predicted molar refractivity (Wildman–Crippen MR) is 135 cm³/mol. The molecular weight excluding hydrogens is 460 g/mol. The molecule has 1 fully saturated rings. The lowest BCUT2D eigenvalue weighted by atomic mass is 9.91. The van der Waals surface area contributed by atoms with Crippen molar-refractivity contribution >= 4 is 28.8 Å². The minimum Gasteiger partial charge on any atom is -0.456 e. The molecule has 4 aromatic heterocycles. The number of fused-ring (bicyclic) bond motifs is 1. The Kier molecular flexibility index (Phi) is 6.09. The molecule has 5 heterocycles. The first-order valence-electron chi connectivity index (χ1n) is 11.9. The number of pyridine rings is 2. The summed E-state index contributed by atoms with van der Waals surface area (Å²) in [6, 6.07) is 7.43. The molecule has 188 valence electrons. The van der Waals surface area contributed by atoms with E-state index in [1.165, 1.54) is 6.20 Å². The van der Waals surface area contributed by atoms with Gasteiger partial charge in [-0.25, -0.2) is 4.98 Å². The summed E-state index contributed by atoms with van der Waals surface area (Å²) in [5.41, 5.74) is 2.71. The van der Waals surface area contributed by atoms with Crippen LogP contribution in [0, 0.1) is 0 Å². The van der Waals surface area contributed by atoms with Crippen molar-refractivity contribution in [3.8, 4) is 11.5 Å². The molecule has 1 aliphatic heterocycles. The number of aryl methyl sites for hydroxylation is 1. The Bertz CT molecular complexity index is 1410. The summed E-state index contributed by atoms with van der Waals surface area (Å²) in [6.07, 6.45) is 4.08. The van der Waals surface area contributed by atoms with Gasteiger partial charge in [0.25, 0.3) is 5.91 Å². The van der Waals surface area contributed by atoms with E-state index in [-0.39, 0.29) is 23.1 Å². The maximum Gasteiger partial charge on any atom is 0.269 e. The Morgan fingerprint density at radius 1 is 1.19 bits per heavy atom. The lowest BCUT2D eigenvalue weighted by Gasteiger charge is -2.22. The molecule has 0 bridgehead atoms. The minimum absolute atomic E-state index is 0.0692. The number of rotatable bonds is 6. The first kappa shape index (κ1) is 23.7. The average molecular weight is 491 g/mol. The monoisotopic (exact) mass is 490 g/mol. The normalized spacial score (nSPS) is 15.9. The fourth-order valence-electron chi connectivity index (χ4n) is 4.20. The van der Waals surface area contributed by atoms with E-state index in [9.17, 15) is 4.79 Å². The topological polar surface area (TPSA) is 121 Å². The van der Waals surface area contributed by atoms with Crippen LogP contribution in [0.4, 0.5) is 11.8 Å². The van der Waals surface area contributed by atoms with Gasteiger partial charge in [-0.1, -0.05) is 20.8 Å². The number of amides is 1. The highest BCUT2D eigenvalue weighted by Crippen LogP contribution is 2.32. The van der Waals surface area contributed by atoms with Gasteiger partial charge in [-0.05, 0) is 12.5 Å². The van der Waals surface area contributed by atoms with E-state index in [4.69, 9.17) is 14.6 Å². The van der Waals surface area contributed by atoms with Crippen LogP contribution in [0.3, 0.4) is 0 Å². The van der Waals surface area contributed by atoms with Crippen LogP contribution in [-0.2, 0) is 17.2 Å².